The Morgan fingerprint density at radius 1 is 0.722 bits per heavy atom. The quantitative estimate of drug-likeness (QED) is 0.279. The van der Waals surface area contributed by atoms with E-state index in [0.29, 0.717) is 5.70 Å². The third-order valence-corrected chi connectivity index (χ3v) is 8.72. The van der Waals surface area contributed by atoms with E-state index in [4.69, 9.17) is 0 Å². The maximum absolute atomic E-state index is 14.5. The highest BCUT2D eigenvalue weighted by atomic mass is 32.2. The Balaban J connectivity index is 1.69. The number of fused-ring (bicyclic) bond motifs is 2. The zero-order valence-corrected chi connectivity index (χ0v) is 21.0. The number of benzene rings is 4. The number of rotatable bonds is 4. The minimum absolute atomic E-state index is 0.277. The molecule has 0 amide bonds. The predicted molar refractivity (Wildman–Crippen MR) is 146 cm³/mol. The molecule has 0 saturated carbocycles. The molecule has 0 bridgehead atoms. The fourth-order valence-corrected chi connectivity index (χ4v) is 6.79. The molecule has 2 heterocycles. The Hall–Kier alpha value is -4.09. The number of hydrogen-bond acceptors (Lipinski definition) is 2. The zero-order valence-electron chi connectivity index (χ0n) is 20.2. The molecule has 178 valence electrons. The third-order valence-electron chi connectivity index (χ3n) is 6.92. The van der Waals surface area contributed by atoms with Crippen molar-refractivity contribution in [3.63, 3.8) is 0 Å². The van der Waals surface area contributed by atoms with Crippen molar-refractivity contribution in [1.29, 1.82) is 0 Å². The molecule has 0 N–H and O–H groups in total. The maximum atomic E-state index is 14.5. The molecule has 0 saturated heterocycles. The summed E-state index contributed by atoms with van der Waals surface area (Å²) in [4.78, 5) is 0.277. The van der Waals surface area contributed by atoms with E-state index in [0.717, 1.165) is 38.7 Å². The second-order valence-corrected chi connectivity index (χ2v) is 11.1. The van der Waals surface area contributed by atoms with E-state index in [2.05, 4.69) is 29.0 Å². The molecule has 6 rings (SSSR count). The first-order valence-corrected chi connectivity index (χ1v) is 13.4. The van der Waals surface area contributed by atoms with Gasteiger partial charge in [0.1, 0.15) is 0 Å². The lowest BCUT2D eigenvalue weighted by atomic mass is 9.89. The number of aryl methyl sites for hydroxylation is 2. The van der Waals surface area contributed by atoms with Gasteiger partial charge in [0.05, 0.1) is 16.6 Å². The van der Waals surface area contributed by atoms with Crippen LogP contribution in [0.5, 0.6) is 0 Å². The normalized spacial score (nSPS) is 15.6. The Kier molecular flexibility index (Phi) is 5.31. The molecule has 4 nitrogen and oxygen atoms in total. The molecular formula is C31H26N2O2S. The fourth-order valence-electron chi connectivity index (χ4n) is 5.16. The molecule has 0 spiro atoms. The molecule has 1 atom stereocenters. The Labute approximate surface area is 211 Å². The standard InChI is InChI=1S/C31H26N2O2S/c1-22-16-18-25(19-17-22)36(34,35)33-30(23-10-4-3-5-11-23)20-24-12-6-7-13-26(24)31(33)28-21-32(2)29-15-9-8-14-27(28)29/h3-21,31H,1-2H3/t31-/m1/s1. The molecular weight excluding hydrogens is 464 g/mol. The number of sulfonamides is 1. The van der Waals surface area contributed by atoms with E-state index in [-0.39, 0.29) is 4.90 Å². The number of hydrogen-bond donors (Lipinski definition) is 0. The summed E-state index contributed by atoms with van der Waals surface area (Å²) in [6.07, 6.45) is 4.07. The lowest BCUT2D eigenvalue weighted by Crippen LogP contribution is -2.36. The second-order valence-electron chi connectivity index (χ2n) is 9.25. The Morgan fingerprint density at radius 3 is 2.17 bits per heavy atom. The van der Waals surface area contributed by atoms with Crippen LogP contribution in [0.2, 0.25) is 0 Å². The smallest absolute Gasteiger partial charge is 0.265 e. The SMILES string of the molecule is Cc1ccc(S(=O)(=O)N2C(c3ccccc3)=Cc3ccccc3[C@@H]2c2cn(C)c3ccccc23)cc1. The maximum Gasteiger partial charge on any atom is 0.265 e. The molecule has 0 fully saturated rings. The van der Waals surface area contributed by atoms with E-state index < -0.39 is 16.1 Å². The van der Waals surface area contributed by atoms with Gasteiger partial charge in [-0.2, -0.15) is 0 Å². The van der Waals surface area contributed by atoms with Crippen LogP contribution in [-0.2, 0) is 17.1 Å². The van der Waals surface area contributed by atoms with Crippen molar-refractivity contribution in [2.24, 2.45) is 7.05 Å². The van der Waals surface area contributed by atoms with Crippen molar-refractivity contribution in [3.05, 3.63) is 137 Å². The van der Waals surface area contributed by atoms with Gasteiger partial charge in [-0.05, 0) is 47.9 Å². The first kappa shape index (κ1) is 22.4. The van der Waals surface area contributed by atoms with Crippen molar-refractivity contribution in [2.75, 3.05) is 0 Å². The van der Waals surface area contributed by atoms with Crippen LogP contribution in [0.4, 0.5) is 0 Å². The number of nitrogens with zero attached hydrogens (tertiary/aromatic N) is 2. The summed E-state index contributed by atoms with van der Waals surface area (Å²) in [7, 11) is -1.91. The van der Waals surface area contributed by atoms with Crippen LogP contribution in [0.1, 0.15) is 33.9 Å². The van der Waals surface area contributed by atoms with Crippen molar-refractivity contribution in [2.45, 2.75) is 17.9 Å². The van der Waals surface area contributed by atoms with Crippen LogP contribution in [0.15, 0.2) is 114 Å². The number of para-hydroxylation sites is 1. The van der Waals surface area contributed by atoms with E-state index in [1.807, 2.05) is 92.8 Å². The summed E-state index contributed by atoms with van der Waals surface area (Å²) in [5.74, 6) is 0. The lowest BCUT2D eigenvalue weighted by molar-refractivity contribution is 0.463. The summed E-state index contributed by atoms with van der Waals surface area (Å²) in [6, 6.07) is 32.6. The van der Waals surface area contributed by atoms with E-state index in [9.17, 15) is 8.42 Å². The van der Waals surface area contributed by atoms with Gasteiger partial charge < -0.3 is 4.57 Å². The van der Waals surface area contributed by atoms with Crippen molar-refractivity contribution < 1.29 is 8.42 Å². The van der Waals surface area contributed by atoms with E-state index >= 15 is 0 Å². The first-order chi connectivity index (χ1) is 17.4. The highest BCUT2D eigenvalue weighted by Crippen LogP contribution is 2.47. The lowest BCUT2D eigenvalue weighted by Gasteiger charge is -2.38. The zero-order chi connectivity index (χ0) is 24.9. The minimum atomic E-state index is -3.92. The Bertz CT molecular complexity index is 1720. The van der Waals surface area contributed by atoms with Gasteiger partial charge in [-0.1, -0.05) is 90.5 Å². The average molecular weight is 491 g/mol. The van der Waals surface area contributed by atoms with Gasteiger partial charge in [-0.15, -0.1) is 0 Å². The molecule has 5 aromatic rings. The van der Waals surface area contributed by atoms with Gasteiger partial charge in [-0.25, -0.2) is 8.42 Å². The van der Waals surface area contributed by atoms with E-state index in [1.54, 1.807) is 16.4 Å². The first-order valence-electron chi connectivity index (χ1n) is 12.0. The monoisotopic (exact) mass is 490 g/mol. The number of aromatic nitrogens is 1. The average Bonchev–Trinajstić information content (AvgIpc) is 3.24. The van der Waals surface area contributed by atoms with Gasteiger partial charge in [0.2, 0.25) is 0 Å². The van der Waals surface area contributed by atoms with Crippen molar-refractivity contribution in [3.8, 4) is 0 Å². The molecule has 4 aromatic carbocycles. The summed E-state index contributed by atoms with van der Waals surface area (Å²) >= 11 is 0. The molecule has 36 heavy (non-hydrogen) atoms. The Morgan fingerprint density at radius 2 is 1.39 bits per heavy atom. The van der Waals surface area contributed by atoms with Crippen LogP contribution in [0.3, 0.4) is 0 Å². The molecule has 0 aliphatic carbocycles. The highest BCUT2D eigenvalue weighted by Gasteiger charge is 2.40. The van der Waals surface area contributed by atoms with Crippen LogP contribution in [0.25, 0.3) is 22.7 Å². The topological polar surface area (TPSA) is 42.3 Å². The van der Waals surface area contributed by atoms with Gasteiger partial charge in [0.15, 0.2) is 0 Å². The van der Waals surface area contributed by atoms with Gasteiger partial charge in [-0.3, -0.25) is 4.31 Å². The van der Waals surface area contributed by atoms with Crippen LogP contribution in [-0.4, -0.2) is 17.3 Å². The summed E-state index contributed by atoms with van der Waals surface area (Å²) in [6.45, 7) is 1.96. The molecule has 1 aliphatic heterocycles. The molecule has 0 radical (unpaired) electrons. The van der Waals surface area contributed by atoms with Crippen molar-refractivity contribution in [1.82, 2.24) is 8.87 Å². The summed E-state index contributed by atoms with van der Waals surface area (Å²) in [5.41, 5.74) is 6.53. The fraction of sp³-hybridized carbons (Fsp3) is 0.0968. The van der Waals surface area contributed by atoms with Gasteiger partial charge in [0.25, 0.3) is 10.0 Å². The minimum Gasteiger partial charge on any atom is -0.350 e. The molecule has 1 aliphatic rings. The van der Waals surface area contributed by atoms with Crippen molar-refractivity contribution >= 4 is 32.7 Å². The second kappa shape index (κ2) is 8.54. The molecule has 1 aromatic heterocycles. The largest absolute Gasteiger partial charge is 0.350 e. The predicted octanol–water partition coefficient (Wildman–Crippen LogP) is 6.78. The molecule has 5 heteroatoms. The summed E-state index contributed by atoms with van der Waals surface area (Å²) < 4.78 is 32.7. The molecule has 0 unspecified atom stereocenters. The van der Waals surface area contributed by atoms with E-state index in [1.165, 1.54) is 0 Å². The van der Waals surface area contributed by atoms with Gasteiger partial charge in [0, 0.05) is 29.7 Å². The van der Waals surface area contributed by atoms with Crippen LogP contribution in [0, 0.1) is 6.92 Å². The summed E-state index contributed by atoms with van der Waals surface area (Å²) in [5, 5.41) is 1.04. The highest BCUT2D eigenvalue weighted by molar-refractivity contribution is 7.89. The van der Waals surface area contributed by atoms with Crippen LogP contribution < -0.4 is 0 Å². The van der Waals surface area contributed by atoms with Gasteiger partial charge >= 0.3 is 0 Å². The third kappa shape index (κ3) is 3.55. The van der Waals surface area contributed by atoms with Crippen LogP contribution >= 0.6 is 0 Å².